The number of fused-ring (bicyclic) bond motifs is 5. The first kappa shape index (κ1) is 25.2. The minimum absolute atomic E-state index is 0.0105. The Morgan fingerprint density at radius 1 is 1.16 bits per heavy atom. The fourth-order valence-corrected chi connectivity index (χ4v) is 9.26. The zero-order chi connectivity index (χ0) is 26.0. The number of hydrogen-bond donors (Lipinski definition) is 1. The molecular formula is C31H43N3O3. The van der Waals surface area contributed by atoms with Gasteiger partial charge in [-0.2, -0.15) is 0 Å². The molecule has 1 aromatic rings. The second-order valence-electron chi connectivity index (χ2n) is 13.2. The second-order valence-corrected chi connectivity index (χ2v) is 13.2. The number of aliphatic hydroxyl groups is 1. The first-order valence-corrected chi connectivity index (χ1v) is 14.5. The van der Waals surface area contributed by atoms with E-state index in [2.05, 4.69) is 41.6 Å². The molecule has 0 spiro atoms. The lowest BCUT2D eigenvalue weighted by atomic mass is 9.48. The third-order valence-electron chi connectivity index (χ3n) is 11.6. The fourth-order valence-electron chi connectivity index (χ4n) is 9.26. The number of rotatable bonds is 4. The molecule has 0 radical (unpaired) electrons. The Morgan fingerprint density at radius 3 is 2.68 bits per heavy atom. The van der Waals surface area contributed by atoms with Crippen LogP contribution in [0, 0.1) is 34.5 Å². The number of Topliss-reactive ketones (excluding diaryl/α,β-unsaturated/α-hetero) is 2. The monoisotopic (exact) mass is 505 g/mol. The molecule has 1 aliphatic heterocycles. The highest BCUT2D eigenvalue weighted by atomic mass is 16.3. The molecule has 6 nitrogen and oxygen atoms in total. The van der Waals surface area contributed by atoms with Gasteiger partial charge in [-0.15, -0.1) is 0 Å². The average molecular weight is 506 g/mol. The highest BCUT2D eigenvalue weighted by molar-refractivity contribution is 5.91. The van der Waals surface area contributed by atoms with Crippen LogP contribution >= 0.6 is 0 Å². The average Bonchev–Trinajstić information content (AvgIpc) is 3.11. The maximum Gasteiger partial charge on any atom is 0.179 e. The predicted molar refractivity (Wildman–Crippen MR) is 144 cm³/mol. The van der Waals surface area contributed by atoms with Crippen LogP contribution in [-0.2, 0) is 9.59 Å². The molecule has 3 saturated carbocycles. The highest BCUT2D eigenvalue weighted by Gasteiger charge is 2.67. The number of carbonyl (C=O) groups is 2. The van der Waals surface area contributed by atoms with Gasteiger partial charge in [0, 0.05) is 50.6 Å². The van der Waals surface area contributed by atoms with Gasteiger partial charge in [0.1, 0.15) is 17.2 Å². The van der Waals surface area contributed by atoms with Crippen molar-refractivity contribution in [1.29, 1.82) is 0 Å². The number of allylic oxidation sites excluding steroid dienone is 2. The summed E-state index contributed by atoms with van der Waals surface area (Å²) in [6.07, 6.45) is 10.5. The van der Waals surface area contributed by atoms with E-state index in [0.717, 1.165) is 70.5 Å². The smallest absolute Gasteiger partial charge is 0.179 e. The molecule has 2 heterocycles. The maximum atomic E-state index is 14.0. The summed E-state index contributed by atoms with van der Waals surface area (Å²) in [5, 5.41) is 12.3. The molecule has 0 unspecified atom stereocenters. The molecule has 4 fully saturated rings. The molecule has 7 atom stereocenters. The van der Waals surface area contributed by atoms with Crippen LogP contribution in [0.5, 0.6) is 0 Å². The summed E-state index contributed by atoms with van der Waals surface area (Å²) >= 11 is 0. The van der Waals surface area contributed by atoms with Gasteiger partial charge in [-0.25, -0.2) is 4.98 Å². The molecule has 1 N–H and O–H groups in total. The lowest BCUT2D eigenvalue weighted by Crippen LogP contribution is -2.60. The van der Waals surface area contributed by atoms with Crippen molar-refractivity contribution in [3.05, 3.63) is 36.0 Å². The Morgan fingerprint density at radius 2 is 1.95 bits per heavy atom. The molecule has 0 aromatic carbocycles. The van der Waals surface area contributed by atoms with Gasteiger partial charge in [-0.3, -0.25) is 14.5 Å². The molecule has 0 amide bonds. The molecule has 5 aliphatic rings. The number of carbonyl (C=O) groups excluding carboxylic acids is 2. The summed E-state index contributed by atoms with van der Waals surface area (Å²) in [5.41, 5.74) is -0.0632. The summed E-state index contributed by atoms with van der Waals surface area (Å²) in [6.45, 7) is 10.3. The lowest BCUT2D eigenvalue weighted by Gasteiger charge is -2.56. The molecule has 200 valence electrons. The van der Waals surface area contributed by atoms with Crippen molar-refractivity contribution in [1.82, 2.24) is 9.88 Å². The van der Waals surface area contributed by atoms with E-state index in [4.69, 9.17) is 0 Å². The Bertz CT molecular complexity index is 1100. The van der Waals surface area contributed by atoms with Crippen molar-refractivity contribution in [3.63, 3.8) is 0 Å². The number of nitrogens with zero attached hydrogens (tertiary/aromatic N) is 3. The van der Waals surface area contributed by atoms with Gasteiger partial charge in [0.15, 0.2) is 5.78 Å². The molecule has 4 aliphatic carbocycles. The van der Waals surface area contributed by atoms with Crippen molar-refractivity contribution in [2.24, 2.45) is 34.5 Å². The van der Waals surface area contributed by atoms with E-state index in [1.807, 2.05) is 24.4 Å². The first-order valence-electron chi connectivity index (χ1n) is 14.5. The zero-order valence-corrected chi connectivity index (χ0v) is 22.8. The van der Waals surface area contributed by atoms with Crippen molar-refractivity contribution < 1.29 is 14.7 Å². The van der Waals surface area contributed by atoms with Gasteiger partial charge in [0.2, 0.25) is 0 Å². The quantitative estimate of drug-likeness (QED) is 0.616. The first-order chi connectivity index (χ1) is 17.7. The third-order valence-corrected chi connectivity index (χ3v) is 11.6. The van der Waals surface area contributed by atoms with Crippen LogP contribution in [0.2, 0.25) is 0 Å². The van der Waals surface area contributed by atoms with Crippen LogP contribution in [-0.4, -0.2) is 64.9 Å². The summed E-state index contributed by atoms with van der Waals surface area (Å²) in [4.78, 5) is 35.1. The number of piperazine rings is 1. The predicted octanol–water partition coefficient (Wildman–Crippen LogP) is 4.28. The van der Waals surface area contributed by atoms with E-state index in [-0.39, 0.29) is 17.1 Å². The Labute approximate surface area is 221 Å². The Hall–Kier alpha value is -2.05. The van der Waals surface area contributed by atoms with E-state index in [1.54, 1.807) is 5.57 Å². The molecule has 1 aromatic heterocycles. The zero-order valence-electron chi connectivity index (χ0n) is 22.8. The van der Waals surface area contributed by atoms with Crippen molar-refractivity contribution in [3.8, 4) is 0 Å². The standard InChI is InChI=1S/C31H43N3O3/c1-21-18-26-24-8-7-22-19-23(35)9-11-29(22,2)25(24)10-12-30(26,3)31(21,37)27(36)20-33-14-16-34(17-15-33)28-6-4-5-13-32-28/h4-6,10,13,21-22,24,26,37H,7-9,11-12,14-20H2,1-3H3/t21-,22+,24-,26+,29+,30+,31+/m1/s1. The van der Waals surface area contributed by atoms with E-state index in [0.29, 0.717) is 36.5 Å². The topological polar surface area (TPSA) is 73.7 Å². The van der Waals surface area contributed by atoms with Gasteiger partial charge >= 0.3 is 0 Å². The molecule has 0 bridgehead atoms. The van der Waals surface area contributed by atoms with Crippen LogP contribution in [0.15, 0.2) is 36.0 Å². The van der Waals surface area contributed by atoms with Crippen molar-refractivity contribution in [2.75, 3.05) is 37.6 Å². The van der Waals surface area contributed by atoms with E-state index in [9.17, 15) is 14.7 Å². The van der Waals surface area contributed by atoms with Gasteiger partial charge in [0.05, 0.1) is 6.54 Å². The fraction of sp³-hybridized carbons (Fsp3) is 0.710. The second kappa shape index (κ2) is 9.01. The summed E-state index contributed by atoms with van der Waals surface area (Å²) in [5.74, 6) is 2.60. The van der Waals surface area contributed by atoms with Gasteiger partial charge in [-0.05, 0) is 73.3 Å². The Kier molecular flexibility index (Phi) is 6.15. The van der Waals surface area contributed by atoms with E-state index < -0.39 is 11.0 Å². The van der Waals surface area contributed by atoms with Gasteiger partial charge in [-0.1, -0.05) is 38.5 Å². The number of ketones is 2. The largest absolute Gasteiger partial charge is 0.381 e. The van der Waals surface area contributed by atoms with Crippen LogP contribution in [0.1, 0.15) is 65.7 Å². The van der Waals surface area contributed by atoms with Gasteiger partial charge in [0.25, 0.3) is 0 Å². The van der Waals surface area contributed by atoms with E-state index >= 15 is 0 Å². The lowest BCUT2D eigenvalue weighted by molar-refractivity contribution is -0.160. The minimum Gasteiger partial charge on any atom is -0.381 e. The molecule has 37 heavy (non-hydrogen) atoms. The molecular weight excluding hydrogens is 462 g/mol. The van der Waals surface area contributed by atoms with Gasteiger partial charge < -0.3 is 10.0 Å². The molecule has 1 saturated heterocycles. The minimum atomic E-state index is -1.29. The summed E-state index contributed by atoms with van der Waals surface area (Å²) in [7, 11) is 0. The Balaban J connectivity index is 1.19. The SMILES string of the molecule is C[C@@H]1C[C@H]2[C@@H]3CC[C@H]4CC(=O)CC[C@]4(C)C3=CC[C@]2(C)[C@@]1(O)C(=O)CN1CCN(c2ccccn2)CC1. The van der Waals surface area contributed by atoms with E-state index in [1.165, 1.54) is 0 Å². The number of pyridine rings is 1. The third kappa shape index (κ3) is 3.76. The maximum absolute atomic E-state index is 14.0. The summed E-state index contributed by atoms with van der Waals surface area (Å²) < 4.78 is 0. The molecule has 6 rings (SSSR count). The number of anilines is 1. The van der Waals surface area contributed by atoms with Crippen LogP contribution < -0.4 is 4.90 Å². The van der Waals surface area contributed by atoms with Crippen LogP contribution in [0.4, 0.5) is 5.82 Å². The molecule has 6 heteroatoms. The summed E-state index contributed by atoms with van der Waals surface area (Å²) in [6, 6.07) is 5.98. The van der Waals surface area contributed by atoms with Crippen LogP contribution in [0.3, 0.4) is 0 Å². The highest BCUT2D eigenvalue weighted by Crippen LogP contribution is 2.67. The normalized spacial score (nSPS) is 42.0. The van der Waals surface area contributed by atoms with Crippen LogP contribution in [0.25, 0.3) is 0 Å². The number of hydrogen-bond acceptors (Lipinski definition) is 6. The van der Waals surface area contributed by atoms with Crippen molar-refractivity contribution >= 4 is 17.4 Å². The van der Waals surface area contributed by atoms with Crippen molar-refractivity contribution in [2.45, 2.75) is 71.3 Å². The number of aromatic nitrogens is 1.